The number of rotatable bonds is 4. The van der Waals surface area contributed by atoms with Gasteiger partial charge in [-0.3, -0.25) is 9.38 Å². The SMILES string of the molecule is CC(Nc1nc(-c2cnc3ccc(F)cn23)nc(Cl)c1F)c1ccc(F)cn1. The summed E-state index contributed by atoms with van der Waals surface area (Å²) in [5.74, 6) is -1.91. The molecule has 0 aliphatic carbocycles. The van der Waals surface area contributed by atoms with Crippen LogP contribution in [0.5, 0.6) is 0 Å². The van der Waals surface area contributed by atoms with E-state index in [4.69, 9.17) is 11.6 Å². The van der Waals surface area contributed by atoms with Gasteiger partial charge in [0.25, 0.3) is 0 Å². The van der Waals surface area contributed by atoms with Crippen molar-refractivity contribution >= 4 is 23.1 Å². The Morgan fingerprint density at radius 3 is 2.54 bits per heavy atom. The van der Waals surface area contributed by atoms with Gasteiger partial charge in [0.2, 0.25) is 5.82 Å². The van der Waals surface area contributed by atoms with E-state index in [-0.39, 0.29) is 11.6 Å². The quantitative estimate of drug-likeness (QED) is 0.510. The van der Waals surface area contributed by atoms with Crippen LogP contribution in [-0.2, 0) is 0 Å². The lowest BCUT2D eigenvalue weighted by Crippen LogP contribution is -2.12. The molecule has 4 heterocycles. The summed E-state index contributed by atoms with van der Waals surface area (Å²) in [6.07, 6.45) is 3.72. The standard InChI is InChI=1S/C18H12ClF3N6/c1-9(12-4-2-10(20)6-23-12)25-18-15(22)16(19)26-17(27-18)13-7-24-14-5-3-11(21)8-28(13)14/h2-9H,1H3,(H,25,26,27). The molecule has 0 aliphatic heterocycles. The van der Waals surface area contributed by atoms with Crippen LogP contribution in [0.3, 0.4) is 0 Å². The molecule has 0 radical (unpaired) electrons. The third kappa shape index (κ3) is 3.36. The summed E-state index contributed by atoms with van der Waals surface area (Å²) < 4.78 is 42.5. The topological polar surface area (TPSA) is 68.0 Å². The molecule has 4 aromatic heterocycles. The first-order valence-electron chi connectivity index (χ1n) is 8.16. The highest BCUT2D eigenvalue weighted by Crippen LogP contribution is 2.27. The number of aromatic nitrogens is 5. The normalized spacial score (nSPS) is 12.3. The van der Waals surface area contributed by atoms with Crippen LogP contribution in [0.25, 0.3) is 17.2 Å². The molecule has 6 nitrogen and oxygen atoms in total. The number of halogens is 4. The van der Waals surface area contributed by atoms with Gasteiger partial charge < -0.3 is 5.32 Å². The van der Waals surface area contributed by atoms with E-state index in [9.17, 15) is 13.2 Å². The number of anilines is 1. The zero-order chi connectivity index (χ0) is 19.8. The highest BCUT2D eigenvalue weighted by Gasteiger charge is 2.19. The van der Waals surface area contributed by atoms with Crippen LogP contribution in [0.4, 0.5) is 19.0 Å². The lowest BCUT2D eigenvalue weighted by molar-refractivity contribution is 0.609. The van der Waals surface area contributed by atoms with Crippen molar-refractivity contribution in [3.63, 3.8) is 0 Å². The summed E-state index contributed by atoms with van der Waals surface area (Å²) in [6, 6.07) is 5.00. The van der Waals surface area contributed by atoms with E-state index in [1.165, 1.54) is 41.1 Å². The Morgan fingerprint density at radius 2 is 1.79 bits per heavy atom. The van der Waals surface area contributed by atoms with Crippen molar-refractivity contribution in [2.24, 2.45) is 0 Å². The predicted octanol–water partition coefficient (Wildman–Crippen LogP) is 4.43. The Hall–Kier alpha value is -3.20. The number of hydrogen-bond acceptors (Lipinski definition) is 5. The molecule has 1 unspecified atom stereocenters. The van der Waals surface area contributed by atoms with E-state index >= 15 is 0 Å². The largest absolute Gasteiger partial charge is 0.359 e. The minimum Gasteiger partial charge on any atom is -0.359 e. The lowest BCUT2D eigenvalue weighted by Gasteiger charge is -2.15. The fourth-order valence-corrected chi connectivity index (χ4v) is 2.84. The third-order valence-electron chi connectivity index (χ3n) is 4.06. The molecular weight excluding hydrogens is 393 g/mol. The minimum absolute atomic E-state index is 0.0614. The average Bonchev–Trinajstić information content (AvgIpc) is 3.08. The zero-order valence-electron chi connectivity index (χ0n) is 14.4. The predicted molar refractivity (Wildman–Crippen MR) is 97.4 cm³/mol. The first kappa shape index (κ1) is 18.2. The summed E-state index contributed by atoms with van der Waals surface area (Å²) >= 11 is 5.93. The van der Waals surface area contributed by atoms with E-state index < -0.39 is 28.6 Å². The molecule has 0 spiro atoms. The van der Waals surface area contributed by atoms with E-state index in [0.717, 1.165) is 6.20 Å². The maximum atomic E-state index is 14.5. The van der Waals surface area contributed by atoms with Crippen molar-refractivity contribution in [1.82, 2.24) is 24.3 Å². The van der Waals surface area contributed by atoms with Crippen molar-refractivity contribution in [1.29, 1.82) is 0 Å². The molecule has 1 atom stereocenters. The molecule has 4 aromatic rings. The molecule has 0 fully saturated rings. The highest BCUT2D eigenvalue weighted by molar-refractivity contribution is 6.29. The molecule has 0 amide bonds. The molecule has 0 saturated carbocycles. The molecule has 0 saturated heterocycles. The van der Waals surface area contributed by atoms with Gasteiger partial charge in [0.1, 0.15) is 23.0 Å². The van der Waals surface area contributed by atoms with Crippen LogP contribution in [0.2, 0.25) is 5.15 Å². The third-order valence-corrected chi connectivity index (χ3v) is 4.31. The fourth-order valence-electron chi connectivity index (χ4n) is 2.67. The van der Waals surface area contributed by atoms with E-state index in [1.54, 1.807) is 6.92 Å². The summed E-state index contributed by atoms with van der Waals surface area (Å²) in [6.45, 7) is 1.71. The summed E-state index contributed by atoms with van der Waals surface area (Å²) in [5.41, 5.74) is 1.29. The number of imidazole rings is 1. The fraction of sp³-hybridized carbons (Fsp3) is 0.111. The molecule has 4 rings (SSSR count). The summed E-state index contributed by atoms with van der Waals surface area (Å²) in [4.78, 5) is 16.2. The van der Waals surface area contributed by atoms with Crippen LogP contribution in [0.15, 0.2) is 42.9 Å². The van der Waals surface area contributed by atoms with Gasteiger partial charge in [0.05, 0.1) is 24.1 Å². The zero-order valence-corrected chi connectivity index (χ0v) is 15.1. The van der Waals surface area contributed by atoms with Gasteiger partial charge in [-0.2, -0.15) is 4.39 Å². The average molecular weight is 405 g/mol. The van der Waals surface area contributed by atoms with Gasteiger partial charge >= 0.3 is 0 Å². The van der Waals surface area contributed by atoms with Gasteiger partial charge in [0.15, 0.2) is 16.8 Å². The Balaban J connectivity index is 1.74. The number of pyridine rings is 2. The molecule has 0 aliphatic rings. The van der Waals surface area contributed by atoms with Crippen LogP contribution < -0.4 is 5.32 Å². The Kier molecular flexibility index (Phi) is 4.60. The van der Waals surface area contributed by atoms with Crippen LogP contribution in [0, 0.1) is 17.5 Å². The maximum Gasteiger partial charge on any atom is 0.202 e. The smallest absolute Gasteiger partial charge is 0.202 e. The lowest BCUT2D eigenvalue weighted by atomic mass is 10.2. The van der Waals surface area contributed by atoms with E-state index in [0.29, 0.717) is 17.0 Å². The number of fused-ring (bicyclic) bond motifs is 1. The van der Waals surface area contributed by atoms with Crippen molar-refractivity contribution in [3.05, 3.63) is 71.2 Å². The minimum atomic E-state index is -0.848. The van der Waals surface area contributed by atoms with E-state index in [1.807, 2.05) is 0 Å². The van der Waals surface area contributed by atoms with Crippen molar-refractivity contribution in [2.45, 2.75) is 13.0 Å². The van der Waals surface area contributed by atoms with Crippen LogP contribution >= 0.6 is 11.6 Å². The summed E-state index contributed by atoms with van der Waals surface area (Å²) in [5, 5.41) is 2.44. The van der Waals surface area contributed by atoms with Gasteiger partial charge in [0, 0.05) is 6.20 Å². The second-order valence-corrected chi connectivity index (χ2v) is 6.34. The van der Waals surface area contributed by atoms with Crippen molar-refractivity contribution in [3.8, 4) is 11.5 Å². The number of nitrogens with zero attached hydrogens (tertiary/aromatic N) is 5. The maximum absolute atomic E-state index is 14.5. The second kappa shape index (κ2) is 7.08. The van der Waals surface area contributed by atoms with Gasteiger partial charge in [-0.25, -0.2) is 23.7 Å². The molecular formula is C18H12ClF3N6. The molecule has 142 valence electrons. The molecule has 0 bridgehead atoms. The van der Waals surface area contributed by atoms with Gasteiger partial charge in [-0.05, 0) is 31.2 Å². The van der Waals surface area contributed by atoms with Crippen molar-refractivity contribution < 1.29 is 13.2 Å². The van der Waals surface area contributed by atoms with Crippen LogP contribution in [-0.4, -0.2) is 24.3 Å². The second-order valence-electron chi connectivity index (χ2n) is 5.99. The van der Waals surface area contributed by atoms with Crippen LogP contribution in [0.1, 0.15) is 18.7 Å². The Bertz CT molecular complexity index is 1160. The monoisotopic (exact) mass is 404 g/mol. The van der Waals surface area contributed by atoms with Gasteiger partial charge in [-0.15, -0.1) is 0 Å². The first-order chi connectivity index (χ1) is 13.4. The molecule has 1 N–H and O–H groups in total. The number of hydrogen-bond donors (Lipinski definition) is 1. The summed E-state index contributed by atoms with van der Waals surface area (Å²) in [7, 11) is 0. The highest BCUT2D eigenvalue weighted by atomic mass is 35.5. The van der Waals surface area contributed by atoms with E-state index in [2.05, 4.69) is 25.3 Å². The molecule has 0 aromatic carbocycles. The molecule has 28 heavy (non-hydrogen) atoms. The Morgan fingerprint density at radius 1 is 1.00 bits per heavy atom. The van der Waals surface area contributed by atoms with Crippen molar-refractivity contribution in [2.75, 3.05) is 5.32 Å². The number of nitrogens with one attached hydrogen (secondary N) is 1. The molecule has 10 heteroatoms. The Labute approximate surface area is 162 Å². The first-order valence-corrected chi connectivity index (χ1v) is 8.54. The van der Waals surface area contributed by atoms with Gasteiger partial charge in [-0.1, -0.05) is 11.6 Å².